The van der Waals surface area contributed by atoms with E-state index in [-0.39, 0.29) is 11.9 Å². The third kappa shape index (κ3) is 2.76. The number of hydrogen-bond donors (Lipinski definition) is 1. The zero-order valence-corrected chi connectivity index (χ0v) is 11.0. The fraction of sp³-hybridized carbons (Fsp3) is 0.200. The smallest absolute Gasteiger partial charge is 0.270 e. The lowest BCUT2D eigenvalue weighted by Gasteiger charge is -2.04. The second kappa shape index (κ2) is 5.02. The van der Waals surface area contributed by atoms with Gasteiger partial charge in [-0.2, -0.15) is 0 Å². The number of amides is 1. The Morgan fingerprint density at radius 1 is 1.16 bits per heavy atom. The van der Waals surface area contributed by atoms with Gasteiger partial charge in [0.25, 0.3) is 5.91 Å². The highest BCUT2D eigenvalue weighted by Crippen LogP contribution is 2.40. The summed E-state index contributed by atoms with van der Waals surface area (Å²) in [5.74, 6) is 0.260. The van der Waals surface area contributed by atoms with Gasteiger partial charge in [-0.25, -0.2) is 4.98 Å². The summed E-state index contributed by atoms with van der Waals surface area (Å²) in [6.07, 6.45) is 0.982. The van der Waals surface area contributed by atoms with E-state index in [4.69, 9.17) is 11.6 Å². The summed E-state index contributed by atoms with van der Waals surface area (Å²) in [6.45, 7) is 0. The molecule has 1 aromatic carbocycles. The minimum absolute atomic E-state index is 0.161. The van der Waals surface area contributed by atoms with Crippen LogP contribution in [0, 0.1) is 0 Å². The van der Waals surface area contributed by atoms with Gasteiger partial charge in [-0.1, -0.05) is 48.0 Å². The van der Waals surface area contributed by atoms with Gasteiger partial charge in [0.2, 0.25) is 0 Å². The number of benzene rings is 1. The molecule has 0 bridgehead atoms. The van der Waals surface area contributed by atoms with E-state index in [9.17, 15) is 4.79 Å². The predicted molar refractivity (Wildman–Crippen MR) is 74.3 cm³/mol. The van der Waals surface area contributed by atoms with E-state index in [1.165, 1.54) is 5.56 Å². The van der Waals surface area contributed by atoms with Crippen LogP contribution in [0.4, 0.5) is 0 Å². The molecule has 0 aliphatic heterocycles. The van der Waals surface area contributed by atoms with Gasteiger partial charge in [0.15, 0.2) is 0 Å². The average Bonchev–Trinajstić information content (AvgIpc) is 3.19. The van der Waals surface area contributed by atoms with Crippen LogP contribution >= 0.6 is 11.6 Å². The first-order valence-corrected chi connectivity index (χ1v) is 6.60. The molecule has 1 saturated carbocycles. The van der Waals surface area contributed by atoms with E-state index in [0.717, 1.165) is 6.42 Å². The number of hydrogen-bond acceptors (Lipinski definition) is 2. The highest BCUT2D eigenvalue weighted by atomic mass is 35.5. The van der Waals surface area contributed by atoms with Gasteiger partial charge in [-0.05, 0) is 24.1 Å². The first-order valence-electron chi connectivity index (χ1n) is 6.22. The van der Waals surface area contributed by atoms with Crippen molar-refractivity contribution in [3.63, 3.8) is 0 Å². The molecule has 0 spiro atoms. The van der Waals surface area contributed by atoms with E-state index in [1.54, 1.807) is 18.2 Å². The highest BCUT2D eigenvalue weighted by molar-refractivity contribution is 6.29. The molecule has 2 atom stereocenters. The van der Waals surface area contributed by atoms with Crippen molar-refractivity contribution < 1.29 is 4.79 Å². The first kappa shape index (κ1) is 12.2. The Balaban J connectivity index is 1.64. The lowest BCUT2D eigenvalue weighted by Crippen LogP contribution is -2.27. The highest BCUT2D eigenvalue weighted by Gasteiger charge is 2.39. The maximum atomic E-state index is 12.0. The Labute approximate surface area is 116 Å². The quantitative estimate of drug-likeness (QED) is 0.873. The maximum Gasteiger partial charge on any atom is 0.270 e. The summed E-state index contributed by atoms with van der Waals surface area (Å²) in [6, 6.07) is 15.5. The molecule has 0 radical (unpaired) electrons. The number of carbonyl (C=O) groups excluding carboxylic acids is 1. The summed E-state index contributed by atoms with van der Waals surface area (Å²) in [5, 5.41) is 3.32. The molecule has 1 aromatic heterocycles. The summed E-state index contributed by atoms with van der Waals surface area (Å²) in [7, 11) is 0. The fourth-order valence-corrected chi connectivity index (χ4v) is 2.36. The van der Waals surface area contributed by atoms with Gasteiger partial charge in [0.05, 0.1) is 0 Å². The molecule has 1 N–H and O–H groups in total. The largest absolute Gasteiger partial charge is 0.347 e. The molecule has 3 nitrogen and oxygen atoms in total. The Morgan fingerprint density at radius 2 is 1.95 bits per heavy atom. The molecule has 1 heterocycles. The van der Waals surface area contributed by atoms with Crippen molar-refractivity contribution in [1.82, 2.24) is 10.3 Å². The Kier molecular flexibility index (Phi) is 3.22. The molecular weight excluding hydrogens is 260 g/mol. The molecule has 3 rings (SSSR count). The number of aromatic nitrogens is 1. The number of carbonyl (C=O) groups is 1. The zero-order chi connectivity index (χ0) is 13.2. The molecule has 2 unspecified atom stereocenters. The molecule has 19 heavy (non-hydrogen) atoms. The molecule has 2 aromatic rings. The first-order chi connectivity index (χ1) is 9.24. The Morgan fingerprint density at radius 3 is 2.68 bits per heavy atom. The number of nitrogens with one attached hydrogen (secondary N) is 1. The van der Waals surface area contributed by atoms with Crippen LogP contribution in [0.15, 0.2) is 48.5 Å². The number of pyridine rings is 1. The third-order valence-corrected chi connectivity index (χ3v) is 3.49. The predicted octanol–water partition coefficient (Wildman–Crippen LogP) is 3.02. The molecule has 4 heteroatoms. The van der Waals surface area contributed by atoms with Gasteiger partial charge in [-0.3, -0.25) is 4.79 Å². The minimum atomic E-state index is -0.161. The number of nitrogens with zero attached hydrogens (tertiary/aromatic N) is 1. The van der Waals surface area contributed by atoms with E-state index in [0.29, 0.717) is 16.8 Å². The summed E-state index contributed by atoms with van der Waals surface area (Å²) in [4.78, 5) is 16.0. The zero-order valence-electron chi connectivity index (χ0n) is 10.2. The van der Waals surface area contributed by atoms with Crippen molar-refractivity contribution in [2.24, 2.45) is 0 Å². The van der Waals surface area contributed by atoms with Crippen molar-refractivity contribution in [1.29, 1.82) is 0 Å². The normalized spacial score (nSPS) is 20.9. The SMILES string of the molecule is O=C(NC1CC1c1ccccc1)c1cccc(Cl)n1. The van der Waals surface area contributed by atoms with Crippen LogP contribution < -0.4 is 5.32 Å². The van der Waals surface area contributed by atoms with Gasteiger partial charge >= 0.3 is 0 Å². The van der Waals surface area contributed by atoms with Crippen LogP contribution in [0.3, 0.4) is 0 Å². The van der Waals surface area contributed by atoms with Crippen LogP contribution in [-0.2, 0) is 0 Å². The molecule has 0 saturated heterocycles. The van der Waals surface area contributed by atoms with Crippen LogP contribution in [0.2, 0.25) is 5.15 Å². The van der Waals surface area contributed by atoms with Gasteiger partial charge in [-0.15, -0.1) is 0 Å². The second-order valence-corrected chi connectivity index (χ2v) is 5.07. The second-order valence-electron chi connectivity index (χ2n) is 4.68. The standard InChI is InChI=1S/C15H13ClN2O/c16-14-8-4-7-12(17-14)15(19)18-13-9-11(13)10-5-2-1-3-6-10/h1-8,11,13H,9H2,(H,18,19). The van der Waals surface area contributed by atoms with E-state index >= 15 is 0 Å². The molecule has 96 valence electrons. The van der Waals surface area contributed by atoms with Gasteiger partial charge in [0, 0.05) is 12.0 Å². The fourth-order valence-electron chi connectivity index (χ4n) is 2.20. The average molecular weight is 273 g/mol. The van der Waals surface area contributed by atoms with Crippen molar-refractivity contribution in [2.75, 3.05) is 0 Å². The summed E-state index contributed by atoms with van der Waals surface area (Å²) in [5.41, 5.74) is 1.64. The Hall–Kier alpha value is -1.87. The Bertz CT molecular complexity index is 600. The van der Waals surface area contributed by atoms with Crippen molar-refractivity contribution in [2.45, 2.75) is 18.4 Å². The maximum absolute atomic E-state index is 12.0. The van der Waals surface area contributed by atoms with Crippen LogP contribution in [0.5, 0.6) is 0 Å². The third-order valence-electron chi connectivity index (χ3n) is 3.28. The number of halogens is 1. The summed E-state index contributed by atoms with van der Waals surface area (Å²) < 4.78 is 0. The van der Waals surface area contributed by atoms with E-state index < -0.39 is 0 Å². The minimum Gasteiger partial charge on any atom is -0.347 e. The van der Waals surface area contributed by atoms with Gasteiger partial charge in [0.1, 0.15) is 10.8 Å². The lowest BCUT2D eigenvalue weighted by molar-refractivity contribution is 0.0945. The van der Waals surface area contributed by atoms with Crippen LogP contribution in [0.1, 0.15) is 28.4 Å². The molecule has 1 amide bonds. The molecule has 1 fully saturated rings. The monoisotopic (exact) mass is 272 g/mol. The summed E-state index contributed by atoms with van der Waals surface area (Å²) >= 11 is 5.77. The van der Waals surface area contributed by atoms with E-state index in [1.807, 2.05) is 18.2 Å². The van der Waals surface area contributed by atoms with Gasteiger partial charge < -0.3 is 5.32 Å². The van der Waals surface area contributed by atoms with Crippen LogP contribution in [0.25, 0.3) is 0 Å². The topological polar surface area (TPSA) is 42.0 Å². The molecular formula is C15H13ClN2O. The van der Waals surface area contributed by atoms with Crippen molar-refractivity contribution in [3.8, 4) is 0 Å². The van der Waals surface area contributed by atoms with Crippen LogP contribution in [-0.4, -0.2) is 16.9 Å². The molecule has 1 aliphatic rings. The van der Waals surface area contributed by atoms with E-state index in [2.05, 4.69) is 22.4 Å². The number of rotatable bonds is 3. The lowest BCUT2D eigenvalue weighted by atomic mass is 10.1. The van der Waals surface area contributed by atoms with Crippen molar-refractivity contribution >= 4 is 17.5 Å². The van der Waals surface area contributed by atoms with Crippen molar-refractivity contribution in [3.05, 3.63) is 64.9 Å². The molecule has 1 aliphatic carbocycles.